The van der Waals surface area contributed by atoms with E-state index in [0.717, 1.165) is 57.1 Å². The van der Waals surface area contributed by atoms with E-state index in [1.165, 1.54) is 0 Å². The molecule has 0 spiro atoms. The SMILES string of the molecule is O=C(NCC1CCCO1)c1ccc(Nc2ccccc2N2CCOCC2)nc1. The number of aromatic nitrogens is 1. The lowest BCUT2D eigenvalue weighted by Crippen LogP contribution is -2.36. The third-order valence-electron chi connectivity index (χ3n) is 5.06. The van der Waals surface area contributed by atoms with E-state index in [9.17, 15) is 4.79 Å². The first kappa shape index (κ1) is 18.7. The Morgan fingerprint density at radius 2 is 2.00 bits per heavy atom. The second kappa shape index (κ2) is 9.03. The lowest BCUT2D eigenvalue weighted by atomic mass is 10.2. The summed E-state index contributed by atoms with van der Waals surface area (Å²) in [6.07, 6.45) is 3.80. The zero-order chi connectivity index (χ0) is 19.2. The van der Waals surface area contributed by atoms with Crippen molar-refractivity contribution in [2.45, 2.75) is 18.9 Å². The lowest BCUT2D eigenvalue weighted by Gasteiger charge is -2.30. The number of rotatable bonds is 6. The van der Waals surface area contributed by atoms with E-state index in [1.807, 2.05) is 24.3 Å². The quantitative estimate of drug-likeness (QED) is 0.800. The van der Waals surface area contributed by atoms with Gasteiger partial charge in [-0.15, -0.1) is 0 Å². The second-order valence-corrected chi connectivity index (χ2v) is 7.02. The Bertz CT molecular complexity index is 784. The van der Waals surface area contributed by atoms with E-state index >= 15 is 0 Å². The molecule has 2 aliphatic rings. The molecule has 2 aromatic rings. The van der Waals surface area contributed by atoms with Gasteiger partial charge in [0.1, 0.15) is 5.82 Å². The first-order valence-corrected chi connectivity index (χ1v) is 9.84. The fourth-order valence-corrected chi connectivity index (χ4v) is 3.51. The maximum Gasteiger partial charge on any atom is 0.252 e. The van der Waals surface area contributed by atoms with Crippen molar-refractivity contribution < 1.29 is 14.3 Å². The van der Waals surface area contributed by atoms with E-state index in [0.29, 0.717) is 17.9 Å². The van der Waals surface area contributed by atoms with Crippen LogP contribution < -0.4 is 15.5 Å². The molecule has 4 rings (SSSR count). The van der Waals surface area contributed by atoms with E-state index in [1.54, 1.807) is 12.3 Å². The first-order chi connectivity index (χ1) is 13.8. The fourth-order valence-electron chi connectivity index (χ4n) is 3.51. The minimum absolute atomic E-state index is 0.122. The molecule has 0 bridgehead atoms. The van der Waals surface area contributed by atoms with Crippen LogP contribution in [0.1, 0.15) is 23.2 Å². The van der Waals surface area contributed by atoms with Crippen molar-refractivity contribution in [2.24, 2.45) is 0 Å². The molecule has 1 unspecified atom stereocenters. The Morgan fingerprint density at radius 1 is 1.14 bits per heavy atom. The number of carbonyl (C=O) groups is 1. The molecule has 2 N–H and O–H groups in total. The highest BCUT2D eigenvalue weighted by atomic mass is 16.5. The standard InChI is InChI=1S/C21H26N4O3/c26-21(23-15-17-4-3-11-28-17)16-7-8-20(22-14-16)24-18-5-1-2-6-19(18)25-9-12-27-13-10-25/h1-2,5-8,14,17H,3-4,9-13,15H2,(H,22,24)(H,23,26). The molecule has 28 heavy (non-hydrogen) atoms. The number of nitrogens with zero attached hydrogens (tertiary/aromatic N) is 2. The molecule has 1 atom stereocenters. The molecule has 7 heteroatoms. The summed E-state index contributed by atoms with van der Waals surface area (Å²) in [6, 6.07) is 11.8. The Hall–Kier alpha value is -2.64. The van der Waals surface area contributed by atoms with Crippen LogP contribution in [0.15, 0.2) is 42.6 Å². The summed E-state index contributed by atoms with van der Waals surface area (Å²) >= 11 is 0. The van der Waals surface area contributed by atoms with Crippen molar-refractivity contribution >= 4 is 23.1 Å². The van der Waals surface area contributed by atoms with Gasteiger partial charge in [0.25, 0.3) is 5.91 Å². The first-order valence-electron chi connectivity index (χ1n) is 9.84. The normalized spacial score (nSPS) is 19.4. The van der Waals surface area contributed by atoms with Gasteiger partial charge in [0.05, 0.1) is 36.3 Å². The summed E-state index contributed by atoms with van der Waals surface area (Å²) in [5, 5.41) is 6.29. The predicted molar refractivity (Wildman–Crippen MR) is 108 cm³/mol. The van der Waals surface area contributed by atoms with Gasteiger partial charge in [-0.1, -0.05) is 12.1 Å². The summed E-state index contributed by atoms with van der Waals surface area (Å²) in [5.74, 6) is 0.583. The van der Waals surface area contributed by atoms with Crippen molar-refractivity contribution in [3.05, 3.63) is 48.2 Å². The highest BCUT2D eigenvalue weighted by Gasteiger charge is 2.17. The van der Waals surface area contributed by atoms with Crippen LogP contribution in [-0.4, -0.2) is 56.5 Å². The Labute approximate surface area is 165 Å². The predicted octanol–water partition coefficient (Wildman–Crippen LogP) is 2.57. The highest BCUT2D eigenvalue weighted by molar-refractivity contribution is 5.94. The number of amides is 1. The molecule has 0 saturated carbocycles. The summed E-state index contributed by atoms with van der Waals surface area (Å²) in [5.41, 5.74) is 2.67. The van der Waals surface area contributed by atoms with Crippen LogP contribution in [0.5, 0.6) is 0 Å². The number of hydrogen-bond acceptors (Lipinski definition) is 6. The number of anilines is 3. The summed E-state index contributed by atoms with van der Waals surface area (Å²) in [6.45, 7) is 4.55. The summed E-state index contributed by atoms with van der Waals surface area (Å²) < 4.78 is 11.0. The maximum atomic E-state index is 12.3. The van der Waals surface area contributed by atoms with Crippen LogP contribution in [0, 0.1) is 0 Å². The van der Waals surface area contributed by atoms with Crippen molar-refractivity contribution in [3.63, 3.8) is 0 Å². The molecular formula is C21H26N4O3. The topological polar surface area (TPSA) is 75.7 Å². The minimum atomic E-state index is -0.122. The number of para-hydroxylation sites is 2. The van der Waals surface area contributed by atoms with Crippen LogP contribution in [0.4, 0.5) is 17.2 Å². The van der Waals surface area contributed by atoms with Gasteiger partial charge in [-0.3, -0.25) is 4.79 Å². The van der Waals surface area contributed by atoms with Crippen molar-refractivity contribution in [1.29, 1.82) is 0 Å². The number of nitrogens with one attached hydrogen (secondary N) is 2. The zero-order valence-electron chi connectivity index (χ0n) is 15.9. The Morgan fingerprint density at radius 3 is 2.75 bits per heavy atom. The molecule has 0 aliphatic carbocycles. The molecule has 0 radical (unpaired) electrons. The zero-order valence-corrected chi connectivity index (χ0v) is 15.9. The largest absolute Gasteiger partial charge is 0.378 e. The van der Waals surface area contributed by atoms with Crippen LogP contribution in [0.25, 0.3) is 0 Å². The summed E-state index contributed by atoms with van der Waals surface area (Å²) in [7, 11) is 0. The number of pyridine rings is 1. The minimum Gasteiger partial charge on any atom is -0.378 e. The van der Waals surface area contributed by atoms with Gasteiger partial charge in [0, 0.05) is 32.4 Å². The smallest absolute Gasteiger partial charge is 0.252 e. The molecule has 1 aromatic carbocycles. The summed E-state index contributed by atoms with van der Waals surface area (Å²) in [4.78, 5) is 19.0. The average molecular weight is 382 g/mol. The van der Waals surface area contributed by atoms with Gasteiger partial charge < -0.3 is 25.0 Å². The molecule has 2 fully saturated rings. The average Bonchev–Trinajstić information content (AvgIpc) is 3.27. The van der Waals surface area contributed by atoms with E-state index < -0.39 is 0 Å². The molecule has 2 aliphatic heterocycles. The highest BCUT2D eigenvalue weighted by Crippen LogP contribution is 2.28. The lowest BCUT2D eigenvalue weighted by molar-refractivity contribution is 0.0857. The van der Waals surface area contributed by atoms with Gasteiger partial charge >= 0.3 is 0 Å². The van der Waals surface area contributed by atoms with E-state index in [-0.39, 0.29) is 12.0 Å². The van der Waals surface area contributed by atoms with Crippen LogP contribution in [-0.2, 0) is 9.47 Å². The van der Waals surface area contributed by atoms with E-state index in [4.69, 9.17) is 9.47 Å². The van der Waals surface area contributed by atoms with Gasteiger partial charge in [-0.05, 0) is 37.1 Å². The van der Waals surface area contributed by atoms with Gasteiger partial charge in [0.2, 0.25) is 0 Å². The number of hydrogen-bond donors (Lipinski definition) is 2. The molecule has 2 saturated heterocycles. The van der Waals surface area contributed by atoms with Gasteiger partial charge in [-0.25, -0.2) is 4.98 Å². The molecular weight excluding hydrogens is 356 g/mol. The van der Waals surface area contributed by atoms with Crippen molar-refractivity contribution in [3.8, 4) is 0 Å². The third kappa shape index (κ3) is 4.61. The third-order valence-corrected chi connectivity index (χ3v) is 5.06. The second-order valence-electron chi connectivity index (χ2n) is 7.02. The molecule has 1 aromatic heterocycles. The number of carbonyl (C=O) groups excluding carboxylic acids is 1. The molecule has 148 valence electrons. The van der Waals surface area contributed by atoms with Gasteiger partial charge in [0.15, 0.2) is 0 Å². The number of morpholine rings is 1. The molecule has 3 heterocycles. The maximum absolute atomic E-state index is 12.3. The molecule has 1 amide bonds. The van der Waals surface area contributed by atoms with Crippen molar-refractivity contribution in [2.75, 3.05) is 49.7 Å². The number of ether oxygens (including phenoxy) is 2. The van der Waals surface area contributed by atoms with Gasteiger partial charge in [-0.2, -0.15) is 0 Å². The van der Waals surface area contributed by atoms with Crippen LogP contribution in [0.2, 0.25) is 0 Å². The fraction of sp³-hybridized carbons (Fsp3) is 0.429. The Kier molecular flexibility index (Phi) is 6.04. The Balaban J connectivity index is 1.38. The van der Waals surface area contributed by atoms with Crippen molar-refractivity contribution in [1.82, 2.24) is 10.3 Å². The monoisotopic (exact) mass is 382 g/mol. The molecule has 7 nitrogen and oxygen atoms in total. The van der Waals surface area contributed by atoms with Crippen LogP contribution in [0.3, 0.4) is 0 Å². The number of benzene rings is 1. The van der Waals surface area contributed by atoms with Crippen LogP contribution >= 0.6 is 0 Å². The van der Waals surface area contributed by atoms with E-state index in [2.05, 4.69) is 26.6 Å².